The molecule has 3 aromatic rings. The number of hydrogen-bond acceptors (Lipinski definition) is 3. The SMILES string of the molecule is CCCOc1ccc(OCC(=O)Nc2cccc3ccccc23)cc1. The van der Waals surface area contributed by atoms with E-state index >= 15 is 0 Å². The predicted molar refractivity (Wildman–Crippen MR) is 100 cm³/mol. The Morgan fingerprint density at radius 1 is 0.880 bits per heavy atom. The summed E-state index contributed by atoms with van der Waals surface area (Å²) in [6.07, 6.45) is 0.965. The van der Waals surface area contributed by atoms with Crippen molar-refractivity contribution < 1.29 is 14.3 Å². The molecule has 3 aromatic carbocycles. The Labute approximate surface area is 147 Å². The fraction of sp³-hybridized carbons (Fsp3) is 0.190. The summed E-state index contributed by atoms with van der Waals surface area (Å²) in [5.74, 6) is 1.24. The van der Waals surface area contributed by atoms with E-state index in [2.05, 4.69) is 12.2 Å². The summed E-state index contributed by atoms with van der Waals surface area (Å²) in [4.78, 5) is 12.2. The number of ether oxygens (including phenoxy) is 2. The van der Waals surface area contributed by atoms with Gasteiger partial charge < -0.3 is 14.8 Å². The van der Waals surface area contributed by atoms with Gasteiger partial charge in [0.1, 0.15) is 11.5 Å². The van der Waals surface area contributed by atoms with Crippen LogP contribution < -0.4 is 14.8 Å². The molecule has 1 amide bonds. The molecule has 4 heteroatoms. The second kappa shape index (κ2) is 8.20. The predicted octanol–water partition coefficient (Wildman–Crippen LogP) is 4.65. The number of nitrogens with one attached hydrogen (secondary N) is 1. The van der Waals surface area contributed by atoms with E-state index in [1.807, 2.05) is 54.6 Å². The van der Waals surface area contributed by atoms with E-state index in [0.29, 0.717) is 12.4 Å². The molecule has 1 N–H and O–H groups in total. The molecule has 3 rings (SSSR count). The number of benzene rings is 3. The quantitative estimate of drug-likeness (QED) is 0.684. The van der Waals surface area contributed by atoms with E-state index < -0.39 is 0 Å². The summed E-state index contributed by atoms with van der Waals surface area (Å²) < 4.78 is 11.1. The van der Waals surface area contributed by atoms with Gasteiger partial charge in [-0.15, -0.1) is 0 Å². The first kappa shape index (κ1) is 16.8. The molecule has 0 aliphatic rings. The molecule has 4 nitrogen and oxygen atoms in total. The molecule has 0 radical (unpaired) electrons. The summed E-state index contributed by atoms with van der Waals surface area (Å²) in [5.41, 5.74) is 0.787. The van der Waals surface area contributed by atoms with Gasteiger partial charge in [-0.1, -0.05) is 43.3 Å². The average molecular weight is 335 g/mol. The van der Waals surface area contributed by atoms with Crippen molar-refractivity contribution in [2.75, 3.05) is 18.5 Å². The topological polar surface area (TPSA) is 47.6 Å². The smallest absolute Gasteiger partial charge is 0.262 e. The first-order valence-electron chi connectivity index (χ1n) is 8.39. The van der Waals surface area contributed by atoms with E-state index in [1.54, 1.807) is 12.1 Å². The second-order valence-electron chi connectivity index (χ2n) is 5.68. The molecule has 0 bridgehead atoms. The van der Waals surface area contributed by atoms with Crippen molar-refractivity contribution in [3.8, 4) is 11.5 Å². The highest BCUT2D eigenvalue weighted by Gasteiger charge is 2.06. The lowest BCUT2D eigenvalue weighted by Gasteiger charge is -2.10. The van der Waals surface area contributed by atoms with Crippen LogP contribution in [0.5, 0.6) is 11.5 Å². The van der Waals surface area contributed by atoms with E-state index in [1.165, 1.54) is 0 Å². The van der Waals surface area contributed by atoms with Crippen LogP contribution in [0.4, 0.5) is 5.69 Å². The van der Waals surface area contributed by atoms with Crippen LogP contribution in [0.1, 0.15) is 13.3 Å². The Hall–Kier alpha value is -3.01. The zero-order valence-corrected chi connectivity index (χ0v) is 14.2. The number of carbonyl (C=O) groups excluding carboxylic acids is 1. The number of anilines is 1. The van der Waals surface area contributed by atoms with Crippen LogP contribution in [0, 0.1) is 0 Å². The molecule has 0 spiro atoms. The normalized spacial score (nSPS) is 10.4. The van der Waals surface area contributed by atoms with Crippen LogP contribution in [-0.2, 0) is 4.79 Å². The first-order valence-corrected chi connectivity index (χ1v) is 8.39. The fourth-order valence-corrected chi connectivity index (χ4v) is 2.52. The molecule has 0 aromatic heterocycles. The van der Waals surface area contributed by atoms with Crippen LogP contribution in [0.3, 0.4) is 0 Å². The van der Waals surface area contributed by atoms with Gasteiger partial charge in [0.2, 0.25) is 0 Å². The minimum absolute atomic E-state index is 0.0433. The van der Waals surface area contributed by atoms with E-state index in [4.69, 9.17) is 9.47 Å². The molecule has 128 valence electrons. The highest BCUT2D eigenvalue weighted by molar-refractivity contribution is 6.02. The second-order valence-corrected chi connectivity index (χ2v) is 5.68. The molecule has 0 atom stereocenters. The van der Waals surface area contributed by atoms with Gasteiger partial charge in [0.15, 0.2) is 6.61 Å². The van der Waals surface area contributed by atoms with Gasteiger partial charge in [0.05, 0.1) is 6.61 Å². The third kappa shape index (κ3) is 4.51. The molecule has 0 unspecified atom stereocenters. The Balaban J connectivity index is 1.57. The van der Waals surface area contributed by atoms with Crippen LogP contribution in [0.15, 0.2) is 66.7 Å². The summed E-state index contributed by atoms with van der Waals surface area (Å²) in [7, 11) is 0. The highest BCUT2D eigenvalue weighted by Crippen LogP contribution is 2.23. The Bertz CT molecular complexity index is 838. The van der Waals surface area contributed by atoms with Gasteiger partial charge in [-0.2, -0.15) is 0 Å². The Kier molecular flexibility index (Phi) is 5.52. The number of hydrogen-bond donors (Lipinski definition) is 1. The van der Waals surface area contributed by atoms with Gasteiger partial charge in [-0.3, -0.25) is 4.79 Å². The molecule has 0 saturated heterocycles. The van der Waals surface area contributed by atoms with Crippen molar-refractivity contribution in [1.82, 2.24) is 0 Å². The molecule has 25 heavy (non-hydrogen) atoms. The molecule has 0 aliphatic carbocycles. The third-order valence-electron chi connectivity index (χ3n) is 3.73. The fourth-order valence-electron chi connectivity index (χ4n) is 2.52. The minimum atomic E-state index is -0.192. The van der Waals surface area contributed by atoms with Gasteiger partial charge in [-0.25, -0.2) is 0 Å². The van der Waals surface area contributed by atoms with Crippen molar-refractivity contribution in [2.45, 2.75) is 13.3 Å². The molecule has 0 aliphatic heterocycles. The van der Waals surface area contributed by atoms with Crippen LogP contribution in [0.2, 0.25) is 0 Å². The van der Waals surface area contributed by atoms with Crippen molar-refractivity contribution >= 4 is 22.4 Å². The van der Waals surface area contributed by atoms with Gasteiger partial charge in [0, 0.05) is 11.1 Å². The lowest BCUT2D eigenvalue weighted by atomic mass is 10.1. The van der Waals surface area contributed by atoms with Gasteiger partial charge in [0.25, 0.3) is 5.91 Å². The number of fused-ring (bicyclic) bond motifs is 1. The summed E-state index contributed by atoms with van der Waals surface area (Å²) in [5, 5.41) is 5.00. The Morgan fingerprint density at radius 2 is 1.56 bits per heavy atom. The van der Waals surface area contributed by atoms with Crippen molar-refractivity contribution in [1.29, 1.82) is 0 Å². The lowest BCUT2D eigenvalue weighted by Crippen LogP contribution is -2.20. The molecular formula is C21H21NO3. The van der Waals surface area contributed by atoms with Crippen LogP contribution in [-0.4, -0.2) is 19.1 Å². The van der Waals surface area contributed by atoms with Crippen molar-refractivity contribution in [3.05, 3.63) is 66.7 Å². The van der Waals surface area contributed by atoms with Crippen LogP contribution in [0.25, 0.3) is 10.8 Å². The lowest BCUT2D eigenvalue weighted by molar-refractivity contribution is -0.118. The summed E-state index contributed by atoms with van der Waals surface area (Å²) in [6, 6.07) is 21.1. The van der Waals surface area contributed by atoms with Gasteiger partial charge in [-0.05, 0) is 42.1 Å². The van der Waals surface area contributed by atoms with Crippen molar-refractivity contribution in [3.63, 3.8) is 0 Å². The maximum Gasteiger partial charge on any atom is 0.262 e. The number of amides is 1. The first-order chi connectivity index (χ1) is 12.3. The molecule has 0 saturated carbocycles. The van der Waals surface area contributed by atoms with E-state index in [-0.39, 0.29) is 12.5 Å². The molecule has 0 fully saturated rings. The summed E-state index contributed by atoms with van der Waals surface area (Å²) >= 11 is 0. The maximum absolute atomic E-state index is 12.2. The standard InChI is InChI=1S/C21H21NO3/c1-2-14-24-17-10-12-18(13-11-17)25-15-21(23)22-20-9-5-7-16-6-3-4-8-19(16)20/h3-13H,2,14-15H2,1H3,(H,22,23). The maximum atomic E-state index is 12.2. The van der Waals surface area contributed by atoms with E-state index in [0.717, 1.165) is 28.6 Å². The van der Waals surface area contributed by atoms with E-state index in [9.17, 15) is 4.79 Å². The largest absolute Gasteiger partial charge is 0.494 e. The minimum Gasteiger partial charge on any atom is -0.494 e. The Morgan fingerprint density at radius 3 is 2.32 bits per heavy atom. The molecular weight excluding hydrogens is 314 g/mol. The molecule has 0 heterocycles. The number of carbonyl (C=O) groups is 1. The monoisotopic (exact) mass is 335 g/mol. The van der Waals surface area contributed by atoms with Gasteiger partial charge >= 0.3 is 0 Å². The zero-order chi connectivity index (χ0) is 17.5. The number of rotatable bonds is 7. The summed E-state index contributed by atoms with van der Waals surface area (Å²) in [6.45, 7) is 2.71. The van der Waals surface area contributed by atoms with Crippen LogP contribution >= 0.6 is 0 Å². The average Bonchev–Trinajstić information content (AvgIpc) is 2.66. The highest BCUT2D eigenvalue weighted by atomic mass is 16.5. The third-order valence-corrected chi connectivity index (χ3v) is 3.73. The zero-order valence-electron chi connectivity index (χ0n) is 14.2. The van der Waals surface area contributed by atoms with Crippen molar-refractivity contribution in [2.24, 2.45) is 0 Å².